The van der Waals surface area contributed by atoms with Crippen molar-refractivity contribution in [2.45, 2.75) is 32.1 Å². The molecule has 1 amide bonds. The van der Waals surface area contributed by atoms with E-state index in [1.807, 2.05) is 30.3 Å². The van der Waals surface area contributed by atoms with Gasteiger partial charge in [-0.1, -0.05) is 24.6 Å². The lowest BCUT2D eigenvalue weighted by atomic mass is 9.86. The van der Waals surface area contributed by atoms with Crippen LogP contribution in [0.2, 0.25) is 0 Å². The smallest absolute Gasteiger partial charge is 0.224 e. The highest BCUT2D eigenvalue weighted by atomic mass is 16.1. The first kappa shape index (κ1) is 12.8. The molecule has 4 rings (SSSR count). The van der Waals surface area contributed by atoms with Crippen molar-refractivity contribution in [1.82, 2.24) is 4.98 Å². The van der Waals surface area contributed by atoms with Gasteiger partial charge in [0.1, 0.15) is 0 Å². The first-order chi connectivity index (χ1) is 10.3. The average molecular weight is 280 g/mol. The fourth-order valence-electron chi connectivity index (χ4n) is 4.27. The molecule has 2 fully saturated rings. The molecule has 1 heterocycles. The molecule has 0 aliphatic heterocycles. The highest BCUT2D eigenvalue weighted by Gasteiger charge is 2.40. The number of amides is 1. The van der Waals surface area contributed by atoms with Crippen LogP contribution in [0.15, 0.2) is 36.5 Å². The van der Waals surface area contributed by atoms with Gasteiger partial charge in [-0.15, -0.1) is 0 Å². The minimum absolute atomic E-state index is 0.144. The van der Waals surface area contributed by atoms with Gasteiger partial charge in [-0.25, -0.2) is 0 Å². The molecule has 1 N–H and O–H groups in total. The van der Waals surface area contributed by atoms with Crippen molar-refractivity contribution in [2.24, 2.45) is 17.8 Å². The lowest BCUT2D eigenvalue weighted by molar-refractivity contribution is -0.117. The average Bonchev–Trinajstić information content (AvgIpc) is 3.10. The van der Waals surface area contributed by atoms with Gasteiger partial charge in [0.15, 0.2) is 0 Å². The molecule has 3 unspecified atom stereocenters. The van der Waals surface area contributed by atoms with Gasteiger partial charge in [0.25, 0.3) is 0 Å². The highest BCUT2D eigenvalue weighted by molar-refractivity contribution is 6.00. The number of hydrogen-bond donors (Lipinski definition) is 1. The molecule has 0 spiro atoms. The molecule has 108 valence electrons. The molecular weight excluding hydrogens is 260 g/mol. The minimum Gasteiger partial charge on any atom is -0.324 e. The summed E-state index contributed by atoms with van der Waals surface area (Å²) in [5.74, 6) is 2.44. The van der Waals surface area contributed by atoms with Gasteiger partial charge in [0, 0.05) is 18.0 Å². The van der Waals surface area contributed by atoms with E-state index in [4.69, 9.17) is 0 Å². The summed E-state index contributed by atoms with van der Waals surface area (Å²) in [6.45, 7) is 0. The number of nitrogens with zero attached hydrogens (tertiary/aromatic N) is 1. The molecule has 1 aromatic carbocycles. The number of pyridine rings is 1. The molecule has 21 heavy (non-hydrogen) atoms. The topological polar surface area (TPSA) is 42.0 Å². The van der Waals surface area contributed by atoms with Gasteiger partial charge >= 0.3 is 0 Å². The summed E-state index contributed by atoms with van der Waals surface area (Å²) in [6, 6.07) is 9.87. The molecule has 2 aliphatic rings. The zero-order valence-corrected chi connectivity index (χ0v) is 12.1. The summed E-state index contributed by atoms with van der Waals surface area (Å²) >= 11 is 0. The molecule has 0 saturated heterocycles. The second kappa shape index (κ2) is 5.14. The quantitative estimate of drug-likeness (QED) is 0.923. The van der Waals surface area contributed by atoms with Crippen molar-refractivity contribution in [3.8, 4) is 0 Å². The van der Waals surface area contributed by atoms with Crippen LogP contribution in [0.3, 0.4) is 0 Å². The van der Waals surface area contributed by atoms with Gasteiger partial charge < -0.3 is 5.32 Å². The van der Waals surface area contributed by atoms with Crippen molar-refractivity contribution < 1.29 is 4.79 Å². The maximum absolute atomic E-state index is 12.3. The number of rotatable bonds is 3. The number of para-hydroxylation sites is 1. The molecule has 0 radical (unpaired) electrons. The van der Waals surface area contributed by atoms with E-state index in [-0.39, 0.29) is 5.91 Å². The molecule has 2 saturated carbocycles. The van der Waals surface area contributed by atoms with Crippen molar-refractivity contribution in [3.63, 3.8) is 0 Å². The summed E-state index contributed by atoms with van der Waals surface area (Å²) in [4.78, 5) is 16.7. The zero-order valence-electron chi connectivity index (χ0n) is 12.1. The van der Waals surface area contributed by atoms with Crippen molar-refractivity contribution in [3.05, 3.63) is 36.5 Å². The maximum Gasteiger partial charge on any atom is 0.224 e. The monoisotopic (exact) mass is 280 g/mol. The number of hydrogen-bond acceptors (Lipinski definition) is 2. The number of carbonyl (C=O) groups excluding carboxylic acids is 1. The van der Waals surface area contributed by atoms with E-state index in [0.717, 1.165) is 28.4 Å². The third-order valence-electron chi connectivity index (χ3n) is 5.24. The first-order valence-corrected chi connectivity index (χ1v) is 7.93. The molecule has 1 aromatic heterocycles. The van der Waals surface area contributed by atoms with Crippen LogP contribution in [0.4, 0.5) is 5.69 Å². The Morgan fingerprint density at radius 3 is 2.90 bits per heavy atom. The second-order valence-electron chi connectivity index (χ2n) is 6.57. The third kappa shape index (κ3) is 2.41. The normalized spacial score (nSPS) is 27.1. The standard InChI is InChI=1S/C18H20N2O/c21-17(11-15-10-12-6-7-14(15)9-12)20-16-5-1-3-13-4-2-8-19-18(13)16/h1-5,8,12,14-15H,6-7,9-11H2,(H,20,21). The summed E-state index contributed by atoms with van der Waals surface area (Å²) in [6.07, 6.45) is 7.77. The van der Waals surface area contributed by atoms with Crippen LogP contribution >= 0.6 is 0 Å². The minimum atomic E-state index is 0.144. The third-order valence-corrected chi connectivity index (χ3v) is 5.24. The van der Waals surface area contributed by atoms with E-state index < -0.39 is 0 Å². The van der Waals surface area contributed by atoms with E-state index in [1.54, 1.807) is 6.20 Å². The molecule has 2 aromatic rings. The summed E-state index contributed by atoms with van der Waals surface area (Å²) < 4.78 is 0. The van der Waals surface area contributed by atoms with E-state index in [2.05, 4.69) is 10.3 Å². The van der Waals surface area contributed by atoms with Crippen LogP contribution in [0.5, 0.6) is 0 Å². The first-order valence-electron chi connectivity index (χ1n) is 7.93. The molecule has 3 heteroatoms. The van der Waals surface area contributed by atoms with Crippen LogP contribution in [-0.4, -0.2) is 10.9 Å². The van der Waals surface area contributed by atoms with E-state index in [9.17, 15) is 4.79 Å². The lowest BCUT2D eigenvalue weighted by Gasteiger charge is -2.21. The van der Waals surface area contributed by atoms with Gasteiger partial charge in [-0.05, 0) is 49.1 Å². The van der Waals surface area contributed by atoms with Gasteiger partial charge in [-0.3, -0.25) is 9.78 Å². The SMILES string of the molecule is O=C(CC1CC2CCC1C2)Nc1cccc2cccnc12. The van der Waals surface area contributed by atoms with E-state index >= 15 is 0 Å². The Labute approximate surface area is 124 Å². The Balaban J connectivity index is 1.48. The van der Waals surface area contributed by atoms with Crippen molar-refractivity contribution in [1.29, 1.82) is 0 Å². The van der Waals surface area contributed by atoms with Crippen molar-refractivity contribution >= 4 is 22.5 Å². The number of benzene rings is 1. The second-order valence-corrected chi connectivity index (χ2v) is 6.57. The number of carbonyl (C=O) groups is 1. The number of nitrogens with one attached hydrogen (secondary N) is 1. The maximum atomic E-state index is 12.3. The Morgan fingerprint density at radius 2 is 2.10 bits per heavy atom. The molecular formula is C18H20N2O. The number of anilines is 1. The number of aromatic nitrogens is 1. The highest BCUT2D eigenvalue weighted by Crippen LogP contribution is 2.49. The predicted molar refractivity (Wildman–Crippen MR) is 83.9 cm³/mol. The molecule has 3 nitrogen and oxygen atoms in total. The van der Waals surface area contributed by atoms with Crippen molar-refractivity contribution in [2.75, 3.05) is 5.32 Å². The largest absolute Gasteiger partial charge is 0.324 e. The van der Waals surface area contributed by atoms with E-state index in [1.165, 1.54) is 25.7 Å². The van der Waals surface area contributed by atoms with E-state index in [0.29, 0.717) is 12.3 Å². The molecule has 3 atom stereocenters. The van der Waals surface area contributed by atoms with Crippen LogP contribution in [-0.2, 0) is 4.79 Å². The Bertz CT molecular complexity index is 676. The zero-order chi connectivity index (χ0) is 14.2. The van der Waals surface area contributed by atoms with Gasteiger partial charge in [-0.2, -0.15) is 0 Å². The lowest BCUT2D eigenvalue weighted by Crippen LogP contribution is -2.20. The number of fused-ring (bicyclic) bond motifs is 3. The molecule has 2 bridgehead atoms. The predicted octanol–water partition coefficient (Wildman–Crippen LogP) is 4.00. The fourth-order valence-corrected chi connectivity index (χ4v) is 4.27. The Kier molecular flexibility index (Phi) is 3.13. The summed E-state index contributed by atoms with van der Waals surface area (Å²) in [5.41, 5.74) is 1.71. The summed E-state index contributed by atoms with van der Waals surface area (Å²) in [7, 11) is 0. The van der Waals surface area contributed by atoms with Crippen LogP contribution in [0.25, 0.3) is 10.9 Å². The Morgan fingerprint density at radius 1 is 1.19 bits per heavy atom. The summed E-state index contributed by atoms with van der Waals surface area (Å²) in [5, 5.41) is 4.13. The van der Waals surface area contributed by atoms with Crippen LogP contribution < -0.4 is 5.32 Å². The van der Waals surface area contributed by atoms with Crippen LogP contribution in [0, 0.1) is 17.8 Å². The Hall–Kier alpha value is -1.90. The fraction of sp³-hybridized carbons (Fsp3) is 0.444. The van der Waals surface area contributed by atoms with Crippen LogP contribution in [0.1, 0.15) is 32.1 Å². The van der Waals surface area contributed by atoms with Gasteiger partial charge in [0.2, 0.25) is 5.91 Å². The van der Waals surface area contributed by atoms with Gasteiger partial charge in [0.05, 0.1) is 11.2 Å². The molecule has 2 aliphatic carbocycles.